The Morgan fingerprint density at radius 1 is 1.28 bits per heavy atom. The van der Waals surface area contributed by atoms with Gasteiger partial charge in [-0.2, -0.15) is 13.2 Å². The van der Waals surface area contributed by atoms with Crippen molar-refractivity contribution in [1.82, 2.24) is 5.32 Å². The van der Waals surface area contributed by atoms with Gasteiger partial charge in [0.15, 0.2) is 12.3 Å². The number of halogens is 4. The van der Waals surface area contributed by atoms with Crippen LogP contribution in [0.5, 0.6) is 0 Å². The smallest absolute Gasteiger partial charge is 0.433 e. The molecule has 1 aliphatic rings. The van der Waals surface area contributed by atoms with Crippen LogP contribution in [0.2, 0.25) is 5.02 Å². The molecule has 0 unspecified atom stereocenters. The Balaban J connectivity index is 2.18. The van der Waals surface area contributed by atoms with Gasteiger partial charge in [0.25, 0.3) is 0 Å². The molecule has 0 saturated carbocycles. The van der Waals surface area contributed by atoms with Crippen LogP contribution in [-0.2, 0) is 14.3 Å². The average Bonchev–Trinajstić information content (AvgIpc) is 2.66. The number of hydrogen-bond donors (Lipinski definition) is 3. The first-order valence-corrected chi connectivity index (χ1v) is 8.94. The van der Waals surface area contributed by atoms with Gasteiger partial charge in [-0.05, 0) is 25.0 Å². The van der Waals surface area contributed by atoms with Gasteiger partial charge in [-0.3, -0.25) is 10.2 Å². The van der Waals surface area contributed by atoms with Gasteiger partial charge in [0.1, 0.15) is 11.4 Å². The zero-order valence-electron chi connectivity index (χ0n) is 15.1. The SMILES string of the molecule is N=C(/C(C(=O)OCC(=O)c1ccccc1Cl)=C(/N)NC1CCOCC1)C(F)(F)F. The number of hydrogen-bond acceptors (Lipinski definition) is 7. The van der Waals surface area contributed by atoms with E-state index < -0.39 is 41.6 Å². The van der Waals surface area contributed by atoms with Crippen LogP contribution in [0.25, 0.3) is 0 Å². The van der Waals surface area contributed by atoms with E-state index >= 15 is 0 Å². The number of alkyl halides is 3. The Hall–Kier alpha value is -2.59. The van der Waals surface area contributed by atoms with Crippen LogP contribution < -0.4 is 11.1 Å². The molecule has 0 atom stereocenters. The van der Waals surface area contributed by atoms with Gasteiger partial charge >= 0.3 is 12.1 Å². The van der Waals surface area contributed by atoms with Crippen molar-refractivity contribution in [2.75, 3.05) is 19.8 Å². The fraction of sp³-hybridized carbons (Fsp3) is 0.389. The summed E-state index contributed by atoms with van der Waals surface area (Å²) in [4.78, 5) is 24.4. The van der Waals surface area contributed by atoms with Gasteiger partial charge in [0.05, 0.1) is 5.02 Å². The first-order chi connectivity index (χ1) is 13.6. The zero-order valence-corrected chi connectivity index (χ0v) is 15.9. The summed E-state index contributed by atoms with van der Waals surface area (Å²) in [5, 5.41) is 10.0. The number of carbonyl (C=O) groups is 2. The summed E-state index contributed by atoms with van der Waals surface area (Å²) in [5.74, 6) is -2.89. The topological polar surface area (TPSA) is 114 Å². The van der Waals surface area contributed by atoms with E-state index in [0.717, 1.165) is 0 Å². The molecular formula is C18H19ClF3N3O4. The van der Waals surface area contributed by atoms with Gasteiger partial charge in [-0.15, -0.1) is 0 Å². The van der Waals surface area contributed by atoms with Crippen molar-refractivity contribution >= 4 is 29.1 Å². The lowest BCUT2D eigenvalue weighted by Crippen LogP contribution is -2.41. The molecule has 1 fully saturated rings. The van der Waals surface area contributed by atoms with Crippen LogP contribution in [-0.4, -0.2) is 49.5 Å². The summed E-state index contributed by atoms with van der Waals surface area (Å²) in [6.07, 6.45) is -4.20. The fourth-order valence-electron chi connectivity index (χ4n) is 2.59. The molecule has 158 valence electrons. The highest BCUT2D eigenvalue weighted by atomic mass is 35.5. The summed E-state index contributed by atoms with van der Waals surface area (Å²) in [6.45, 7) is -0.0939. The number of nitrogens with two attached hydrogens (primary N) is 1. The lowest BCUT2D eigenvalue weighted by atomic mass is 10.1. The molecule has 0 spiro atoms. The standard InChI is InChI=1S/C18H19ClF3N3O4/c19-12-4-2-1-3-11(12)13(26)9-29-17(27)14(15(23)18(20,21)22)16(24)25-10-5-7-28-8-6-10/h1-4,10,23,25H,5-9,24H2/b16-14+,23-15?. The quantitative estimate of drug-likeness (QED) is 0.263. The van der Waals surface area contributed by atoms with Crippen LogP contribution >= 0.6 is 11.6 Å². The number of ether oxygens (including phenoxy) is 2. The van der Waals surface area contributed by atoms with Crippen molar-refractivity contribution in [3.05, 3.63) is 46.2 Å². The predicted octanol–water partition coefficient (Wildman–Crippen LogP) is 2.59. The van der Waals surface area contributed by atoms with E-state index in [9.17, 15) is 22.8 Å². The third-order valence-electron chi connectivity index (χ3n) is 4.10. The summed E-state index contributed by atoms with van der Waals surface area (Å²) in [5.41, 5.74) is 2.56. The van der Waals surface area contributed by atoms with Crippen molar-refractivity contribution < 1.29 is 32.2 Å². The molecule has 1 heterocycles. The Morgan fingerprint density at radius 3 is 2.48 bits per heavy atom. The second kappa shape index (κ2) is 9.75. The molecule has 2 rings (SSSR count). The Bertz CT molecular complexity index is 821. The first-order valence-electron chi connectivity index (χ1n) is 8.56. The minimum atomic E-state index is -5.14. The van der Waals surface area contributed by atoms with Crippen molar-refractivity contribution in [3.63, 3.8) is 0 Å². The van der Waals surface area contributed by atoms with E-state index in [1.807, 2.05) is 0 Å². The number of esters is 1. The number of Topliss-reactive ketones (excluding diaryl/α,β-unsaturated/α-hetero) is 1. The summed E-state index contributed by atoms with van der Waals surface area (Å²) in [7, 11) is 0. The molecule has 0 aromatic heterocycles. The summed E-state index contributed by atoms with van der Waals surface area (Å²) in [6, 6.07) is 5.61. The Morgan fingerprint density at radius 2 is 1.90 bits per heavy atom. The number of ketones is 1. The maximum absolute atomic E-state index is 13.1. The average molecular weight is 434 g/mol. The number of rotatable bonds is 7. The molecule has 0 amide bonds. The van der Waals surface area contributed by atoms with Gasteiger partial charge in [-0.1, -0.05) is 23.7 Å². The van der Waals surface area contributed by atoms with Crippen LogP contribution in [0.1, 0.15) is 23.2 Å². The molecule has 1 saturated heterocycles. The predicted molar refractivity (Wildman–Crippen MR) is 98.7 cm³/mol. The molecule has 0 radical (unpaired) electrons. The molecule has 11 heteroatoms. The van der Waals surface area contributed by atoms with E-state index in [0.29, 0.717) is 26.1 Å². The molecule has 0 bridgehead atoms. The molecular weight excluding hydrogens is 415 g/mol. The number of benzene rings is 1. The van der Waals surface area contributed by atoms with Crippen LogP contribution in [0.3, 0.4) is 0 Å². The van der Waals surface area contributed by atoms with Gasteiger partial charge < -0.3 is 20.5 Å². The lowest BCUT2D eigenvalue weighted by molar-refractivity contribution is -0.138. The zero-order chi connectivity index (χ0) is 21.6. The normalized spacial score (nSPS) is 16.0. The number of carbonyl (C=O) groups excluding carboxylic acids is 2. The largest absolute Gasteiger partial charge is 0.454 e. The van der Waals surface area contributed by atoms with Crippen molar-refractivity contribution in [2.24, 2.45) is 5.73 Å². The Kier molecular flexibility index (Phi) is 7.63. The minimum Gasteiger partial charge on any atom is -0.454 e. The van der Waals surface area contributed by atoms with Gasteiger partial charge in [-0.25, -0.2) is 4.79 Å². The highest BCUT2D eigenvalue weighted by Crippen LogP contribution is 2.23. The molecule has 1 aromatic carbocycles. The molecule has 4 N–H and O–H groups in total. The molecule has 0 aliphatic carbocycles. The Labute approximate surface area is 169 Å². The van der Waals surface area contributed by atoms with E-state index in [2.05, 4.69) is 5.32 Å². The van der Waals surface area contributed by atoms with E-state index in [4.69, 9.17) is 32.2 Å². The van der Waals surface area contributed by atoms with Crippen molar-refractivity contribution in [3.8, 4) is 0 Å². The molecule has 1 aromatic rings. The second-order valence-electron chi connectivity index (χ2n) is 6.17. The van der Waals surface area contributed by atoms with Crippen LogP contribution in [0.15, 0.2) is 35.7 Å². The van der Waals surface area contributed by atoms with Crippen LogP contribution in [0, 0.1) is 5.41 Å². The number of nitrogens with one attached hydrogen (secondary N) is 2. The van der Waals surface area contributed by atoms with Crippen molar-refractivity contribution in [2.45, 2.75) is 25.1 Å². The third kappa shape index (κ3) is 6.20. The van der Waals surface area contributed by atoms with E-state index in [1.54, 1.807) is 6.07 Å². The molecule has 29 heavy (non-hydrogen) atoms. The van der Waals surface area contributed by atoms with Crippen molar-refractivity contribution in [1.29, 1.82) is 5.41 Å². The third-order valence-corrected chi connectivity index (χ3v) is 4.43. The second-order valence-corrected chi connectivity index (χ2v) is 6.58. The molecule has 7 nitrogen and oxygen atoms in total. The van der Waals surface area contributed by atoms with E-state index in [1.165, 1.54) is 18.2 Å². The van der Waals surface area contributed by atoms with E-state index in [-0.39, 0.29) is 16.6 Å². The fourth-order valence-corrected chi connectivity index (χ4v) is 2.83. The summed E-state index contributed by atoms with van der Waals surface area (Å²) >= 11 is 5.87. The minimum absolute atomic E-state index is 0.0479. The highest BCUT2D eigenvalue weighted by Gasteiger charge is 2.41. The maximum atomic E-state index is 13.1. The highest BCUT2D eigenvalue weighted by molar-refractivity contribution is 6.34. The lowest BCUT2D eigenvalue weighted by Gasteiger charge is -2.25. The first kappa shape index (κ1) is 22.7. The van der Waals surface area contributed by atoms with Gasteiger partial charge in [0.2, 0.25) is 5.78 Å². The monoisotopic (exact) mass is 433 g/mol. The molecule has 1 aliphatic heterocycles. The summed E-state index contributed by atoms with van der Waals surface area (Å²) < 4.78 is 49.0. The van der Waals surface area contributed by atoms with Crippen LogP contribution in [0.4, 0.5) is 13.2 Å². The van der Waals surface area contributed by atoms with Gasteiger partial charge in [0, 0.05) is 24.8 Å². The maximum Gasteiger partial charge on any atom is 0.433 e.